The molecule has 0 fully saturated rings. The average molecular weight is 250 g/mol. The van der Waals surface area contributed by atoms with E-state index in [0.29, 0.717) is 16.1 Å². The Morgan fingerprint density at radius 1 is 1.26 bits per heavy atom. The first-order valence-corrected chi connectivity index (χ1v) is 6.00. The van der Waals surface area contributed by atoms with E-state index in [2.05, 4.69) is 4.99 Å². The van der Waals surface area contributed by atoms with Crippen LogP contribution in [0.2, 0.25) is 0 Å². The van der Waals surface area contributed by atoms with Crippen molar-refractivity contribution in [2.24, 2.45) is 12.0 Å². The van der Waals surface area contributed by atoms with Crippen molar-refractivity contribution in [3.63, 3.8) is 0 Å². The summed E-state index contributed by atoms with van der Waals surface area (Å²) in [5.41, 5.74) is 0.730. The zero-order valence-electron chi connectivity index (χ0n) is 10.2. The summed E-state index contributed by atoms with van der Waals surface area (Å²) >= 11 is 0. The van der Waals surface area contributed by atoms with Crippen LogP contribution in [0.4, 0.5) is 0 Å². The van der Waals surface area contributed by atoms with Crippen molar-refractivity contribution in [2.45, 2.75) is 0 Å². The SMILES string of the molecule is Cn1c(O)c2cccc3cc4c(c(c1=O)c32)=NC=C4. The Kier molecular flexibility index (Phi) is 1.75. The molecule has 2 heterocycles. The average Bonchev–Trinajstić information content (AvgIpc) is 2.88. The third kappa shape index (κ3) is 1.13. The van der Waals surface area contributed by atoms with Gasteiger partial charge in [-0.25, -0.2) is 0 Å². The third-order valence-corrected chi connectivity index (χ3v) is 3.70. The number of pyridine rings is 1. The first-order chi connectivity index (χ1) is 9.18. The summed E-state index contributed by atoms with van der Waals surface area (Å²) in [6.45, 7) is 0. The molecule has 1 N–H and O–H groups in total. The lowest BCUT2D eigenvalue weighted by atomic mass is 9.99. The number of rotatable bonds is 0. The van der Waals surface area contributed by atoms with E-state index in [0.717, 1.165) is 16.3 Å². The fourth-order valence-corrected chi connectivity index (χ4v) is 2.77. The molecule has 4 heteroatoms. The maximum atomic E-state index is 12.4. The standard InChI is InChI=1S/C15H10N2O2/c1-17-14(18)10-4-2-3-8-7-9-5-6-16-13(9)12(11(8)10)15(17)19/h2-7,18H,1H3. The van der Waals surface area contributed by atoms with Crippen LogP contribution in [0, 0.1) is 0 Å². The topological polar surface area (TPSA) is 54.6 Å². The summed E-state index contributed by atoms with van der Waals surface area (Å²) in [4.78, 5) is 16.7. The quantitative estimate of drug-likeness (QED) is 0.660. The van der Waals surface area contributed by atoms with Crippen molar-refractivity contribution >= 4 is 27.6 Å². The summed E-state index contributed by atoms with van der Waals surface area (Å²) in [5.74, 6) is -0.00555. The van der Waals surface area contributed by atoms with Crippen molar-refractivity contribution in [3.05, 3.63) is 51.7 Å². The highest BCUT2D eigenvalue weighted by atomic mass is 16.3. The number of hydrogen-bond donors (Lipinski definition) is 1. The third-order valence-electron chi connectivity index (χ3n) is 3.70. The normalized spacial score (nSPS) is 13.1. The zero-order chi connectivity index (χ0) is 13.1. The molecule has 0 radical (unpaired) electrons. The van der Waals surface area contributed by atoms with E-state index in [1.54, 1.807) is 13.2 Å². The van der Waals surface area contributed by atoms with E-state index in [-0.39, 0.29) is 11.4 Å². The smallest absolute Gasteiger partial charge is 0.263 e. The Hall–Kier alpha value is -2.62. The van der Waals surface area contributed by atoms with E-state index in [9.17, 15) is 9.90 Å². The largest absolute Gasteiger partial charge is 0.494 e. The Morgan fingerprint density at radius 3 is 2.95 bits per heavy atom. The molecule has 1 aliphatic heterocycles. The van der Waals surface area contributed by atoms with E-state index < -0.39 is 0 Å². The molecule has 0 unspecified atom stereocenters. The molecule has 0 atom stereocenters. The van der Waals surface area contributed by atoms with Gasteiger partial charge in [0.05, 0.1) is 10.7 Å². The predicted molar refractivity (Wildman–Crippen MR) is 74.1 cm³/mol. The van der Waals surface area contributed by atoms with Crippen LogP contribution in [0.3, 0.4) is 0 Å². The van der Waals surface area contributed by atoms with Crippen molar-refractivity contribution in [1.82, 2.24) is 4.57 Å². The van der Waals surface area contributed by atoms with Crippen molar-refractivity contribution in [3.8, 4) is 5.88 Å². The van der Waals surface area contributed by atoms with Crippen LogP contribution >= 0.6 is 0 Å². The van der Waals surface area contributed by atoms with Crippen LogP contribution in [-0.4, -0.2) is 9.67 Å². The van der Waals surface area contributed by atoms with E-state index in [1.807, 2.05) is 30.3 Å². The molecule has 4 nitrogen and oxygen atoms in total. The minimum absolute atomic E-state index is 0.00555. The predicted octanol–water partition coefficient (Wildman–Crippen LogP) is 1.72. The van der Waals surface area contributed by atoms with Crippen LogP contribution in [0.5, 0.6) is 5.88 Å². The number of aromatic hydroxyl groups is 1. The van der Waals surface area contributed by atoms with Gasteiger partial charge >= 0.3 is 0 Å². The summed E-state index contributed by atoms with van der Waals surface area (Å²) in [6.07, 6.45) is 3.59. The Bertz CT molecular complexity index is 997. The highest BCUT2D eigenvalue weighted by Crippen LogP contribution is 2.30. The zero-order valence-corrected chi connectivity index (χ0v) is 10.2. The van der Waals surface area contributed by atoms with Gasteiger partial charge < -0.3 is 5.11 Å². The van der Waals surface area contributed by atoms with Gasteiger partial charge in [0, 0.05) is 29.6 Å². The molecular formula is C15H10N2O2. The van der Waals surface area contributed by atoms with Crippen LogP contribution < -0.4 is 10.9 Å². The maximum absolute atomic E-state index is 12.4. The van der Waals surface area contributed by atoms with Gasteiger partial charge in [0.1, 0.15) is 0 Å². The van der Waals surface area contributed by atoms with Gasteiger partial charge in [-0.05, 0) is 23.6 Å². The number of hydrogen-bond acceptors (Lipinski definition) is 3. The molecule has 19 heavy (non-hydrogen) atoms. The van der Waals surface area contributed by atoms with Crippen LogP contribution in [0.15, 0.2) is 40.3 Å². The lowest BCUT2D eigenvalue weighted by Crippen LogP contribution is -2.23. The maximum Gasteiger partial charge on any atom is 0.263 e. The van der Waals surface area contributed by atoms with Gasteiger partial charge in [-0.3, -0.25) is 14.4 Å². The summed E-state index contributed by atoms with van der Waals surface area (Å²) in [5, 5.41) is 13.8. The lowest BCUT2D eigenvalue weighted by Gasteiger charge is -2.11. The number of aromatic nitrogens is 1. The fraction of sp³-hybridized carbons (Fsp3) is 0.0667. The van der Waals surface area contributed by atoms with Gasteiger partial charge in [0.15, 0.2) is 0 Å². The number of nitrogens with zero attached hydrogens (tertiary/aromatic N) is 2. The molecule has 3 aromatic rings. The highest BCUT2D eigenvalue weighted by molar-refractivity contribution is 6.12. The number of fused-ring (bicyclic) bond motifs is 2. The van der Waals surface area contributed by atoms with Crippen molar-refractivity contribution in [1.29, 1.82) is 0 Å². The second-order valence-corrected chi connectivity index (χ2v) is 4.73. The highest BCUT2D eigenvalue weighted by Gasteiger charge is 2.17. The molecule has 1 aliphatic rings. The summed E-state index contributed by atoms with van der Waals surface area (Å²) in [7, 11) is 1.57. The van der Waals surface area contributed by atoms with Crippen LogP contribution in [0.1, 0.15) is 5.56 Å². The van der Waals surface area contributed by atoms with E-state index in [1.165, 1.54) is 4.57 Å². The lowest BCUT2D eigenvalue weighted by molar-refractivity contribution is 0.431. The molecule has 2 aromatic carbocycles. The van der Waals surface area contributed by atoms with Crippen molar-refractivity contribution in [2.75, 3.05) is 0 Å². The fourth-order valence-electron chi connectivity index (χ4n) is 2.77. The van der Waals surface area contributed by atoms with Gasteiger partial charge in [0.2, 0.25) is 5.88 Å². The van der Waals surface area contributed by atoms with Crippen LogP contribution in [0.25, 0.3) is 27.6 Å². The molecule has 0 bridgehead atoms. The van der Waals surface area contributed by atoms with Gasteiger partial charge in [-0.15, -0.1) is 0 Å². The summed E-state index contributed by atoms with van der Waals surface area (Å²) < 4.78 is 1.27. The first kappa shape index (κ1) is 10.3. The Labute approximate surface area is 107 Å². The molecule has 0 saturated heterocycles. The molecule has 4 rings (SSSR count). The second kappa shape index (κ2) is 3.23. The molecule has 0 aliphatic carbocycles. The minimum Gasteiger partial charge on any atom is -0.494 e. The molecule has 0 saturated carbocycles. The van der Waals surface area contributed by atoms with Crippen LogP contribution in [-0.2, 0) is 7.05 Å². The molecule has 92 valence electrons. The Balaban J connectivity index is 2.51. The van der Waals surface area contributed by atoms with Crippen molar-refractivity contribution < 1.29 is 5.11 Å². The van der Waals surface area contributed by atoms with Gasteiger partial charge in [-0.2, -0.15) is 0 Å². The first-order valence-electron chi connectivity index (χ1n) is 6.00. The molecule has 1 aromatic heterocycles. The van der Waals surface area contributed by atoms with Gasteiger partial charge in [-0.1, -0.05) is 12.1 Å². The van der Waals surface area contributed by atoms with Gasteiger partial charge in [0.25, 0.3) is 5.56 Å². The monoisotopic (exact) mass is 250 g/mol. The Morgan fingerprint density at radius 2 is 2.11 bits per heavy atom. The molecular weight excluding hydrogens is 240 g/mol. The number of benzene rings is 2. The molecule has 0 amide bonds. The van der Waals surface area contributed by atoms with E-state index in [4.69, 9.17) is 0 Å². The second-order valence-electron chi connectivity index (χ2n) is 4.73. The minimum atomic E-state index is -0.217. The molecule has 0 spiro atoms. The summed E-state index contributed by atoms with van der Waals surface area (Å²) in [6, 6.07) is 7.64. The van der Waals surface area contributed by atoms with E-state index >= 15 is 0 Å².